The topological polar surface area (TPSA) is 83.9 Å². The molecule has 144 valence electrons. The Morgan fingerprint density at radius 3 is 2.59 bits per heavy atom. The van der Waals surface area contributed by atoms with E-state index in [4.69, 9.17) is 9.84 Å². The van der Waals surface area contributed by atoms with Gasteiger partial charge in [0, 0.05) is 18.9 Å². The number of aliphatic carboxylic acids is 1. The molecule has 27 heavy (non-hydrogen) atoms. The Kier molecular flexibility index (Phi) is 5.05. The molecule has 6 nitrogen and oxygen atoms in total. The lowest BCUT2D eigenvalue weighted by molar-refractivity contribution is -0.137. The molecule has 0 saturated carbocycles. The fourth-order valence-corrected chi connectivity index (χ4v) is 4.70. The first kappa shape index (κ1) is 19.1. The highest BCUT2D eigenvalue weighted by Crippen LogP contribution is 2.43. The zero-order chi connectivity index (χ0) is 19.8. The zero-order valence-corrected chi connectivity index (χ0v) is 15.2. The lowest BCUT2D eigenvalue weighted by Crippen LogP contribution is -2.30. The van der Waals surface area contributed by atoms with Crippen molar-refractivity contribution in [3.05, 3.63) is 53.6 Å². The molecule has 2 aromatic carbocycles. The fraction of sp³-hybridized carbons (Fsp3) is 0.278. The third-order valence-electron chi connectivity index (χ3n) is 4.52. The summed E-state index contributed by atoms with van der Waals surface area (Å²) in [5.74, 6) is -3.22. The summed E-state index contributed by atoms with van der Waals surface area (Å²) in [4.78, 5) is 10.6. The quantitative estimate of drug-likeness (QED) is 0.810. The summed E-state index contributed by atoms with van der Waals surface area (Å²) < 4.78 is 59.0. The average Bonchev–Trinajstić information content (AvgIpc) is 3.00. The van der Waals surface area contributed by atoms with Crippen LogP contribution in [0.4, 0.5) is 14.5 Å². The van der Waals surface area contributed by atoms with Crippen LogP contribution in [0.25, 0.3) is 0 Å². The molecule has 0 bridgehead atoms. The largest absolute Gasteiger partial charge is 0.497 e. The van der Waals surface area contributed by atoms with Gasteiger partial charge in [-0.3, -0.25) is 9.10 Å². The summed E-state index contributed by atoms with van der Waals surface area (Å²) in [6, 6.07) is 7.22. The number of methoxy groups -OCH3 is 1. The predicted octanol–water partition coefficient (Wildman–Crippen LogP) is 3.13. The molecule has 0 aromatic heterocycles. The van der Waals surface area contributed by atoms with E-state index in [0.717, 1.165) is 16.4 Å². The number of carboxylic acids is 1. The molecule has 0 radical (unpaired) electrons. The average molecular weight is 397 g/mol. The van der Waals surface area contributed by atoms with Crippen LogP contribution >= 0.6 is 0 Å². The third kappa shape index (κ3) is 3.59. The SMILES string of the molecule is COc1ccc2c(c1)C(CCC(=O)O)CN2S(=O)(=O)c1ccc(F)c(F)c1. The van der Waals surface area contributed by atoms with Gasteiger partial charge in [0.25, 0.3) is 10.0 Å². The first-order chi connectivity index (χ1) is 12.7. The van der Waals surface area contributed by atoms with Gasteiger partial charge in [-0.1, -0.05) is 0 Å². The first-order valence-electron chi connectivity index (χ1n) is 8.11. The van der Waals surface area contributed by atoms with Crippen LogP contribution in [0.1, 0.15) is 24.3 Å². The molecule has 1 aliphatic rings. The lowest BCUT2D eigenvalue weighted by Gasteiger charge is -2.20. The minimum atomic E-state index is -4.14. The normalized spacial score (nSPS) is 16.3. The van der Waals surface area contributed by atoms with Crippen molar-refractivity contribution < 1.29 is 31.8 Å². The molecule has 0 amide bonds. The summed E-state index contributed by atoms with van der Waals surface area (Å²) >= 11 is 0. The van der Waals surface area contributed by atoms with Crippen LogP contribution in [-0.4, -0.2) is 33.1 Å². The van der Waals surface area contributed by atoms with Gasteiger partial charge in [0.1, 0.15) is 5.75 Å². The minimum Gasteiger partial charge on any atom is -0.497 e. The summed E-state index contributed by atoms with van der Waals surface area (Å²) in [5.41, 5.74) is 1.01. The second-order valence-electron chi connectivity index (χ2n) is 6.17. The van der Waals surface area contributed by atoms with Crippen molar-refractivity contribution >= 4 is 21.7 Å². The number of sulfonamides is 1. The Balaban J connectivity index is 2.03. The monoisotopic (exact) mass is 397 g/mol. The van der Waals surface area contributed by atoms with Gasteiger partial charge in [0.05, 0.1) is 17.7 Å². The Morgan fingerprint density at radius 1 is 1.22 bits per heavy atom. The molecule has 0 saturated heterocycles. The lowest BCUT2D eigenvalue weighted by atomic mass is 9.96. The number of carboxylic acid groups (broad SMARTS) is 1. The molecule has 1 aliphatic heterocycles. The van der Waals surface area contributed by atoms with Crippen molar-refractivity contribution in [3.63, 3.8) is 0 Å². The van der Waals surface area contributed by atoms with Crippen molar-refractivity contribution in [2.45, 2.75) is 23.7 Å². The zero-order valence-electron chi connectivity index (χ0n) is 14.4. The number of benzene rings is 2. The highest BCUT2D eigenvalue weighted by molar-refractivity contribution is 7.92. The van der Waals surface area contributed by atoms with E-state index in [0.29, 0.717) is 23.1 Å². The Morgan fingerprint density at radius 2 is 1.96 bits per heavy atom. The first-order valence-corrected chi connectivity index (χ1v) is 9.55. The number of halogens is 2. The van der Waals surface area contributed by atoms with E-state index in [1.807, 2.05) is 0 Å². The van der Waals surface area contributed by atoms with Crippen LogP contribution in [0.3, 0.4) is 0 Å². The number of fused-ring (bicyclic) bond motifs is 1. The summed E-state index contributed by atoms with van der Waals surface area (Å²) in [7, 11) is -2.67. The fourth-order valence-electron chi connectivity index (χ4n) is 3.15. The van der Waals surface area contributed by atoms with E-state index < -0.39 is 27.6 Å². The van der Waals surface area contributed by atoms with Crippen molar-refractivity contribution in [2.24, 2.45) is 0 Å². The summed E-state index contributed by atoms with van der Waals surface area (Å²) in [6.45, 7) is 0.0110. The maximum atomic E-state index is 13.5. The van der Waals surface area contributed by atoms with E-state index in [-0.39, 0.29) is 30.2 Å². The van der Waals surface area contributed by atoms with Crippen LogP contribution in [0.15, 0.2) is 41.3 Å². The molecule has 1 heterocycles. The van der Waals surface area contributed by atoms with Crippen molar-refractivity contribution in [1.82, 2.24) is 0 Å². The summed E-state index contributed by atoms with van der Waals surface area (Å²) in [5, 5.41) is 8.95. The van der Waals surface area contributed by atoms with Crippen LogP contribution in [0.2, 0.25) is 0 Å². The third-order valence-corrected chi connectivity index (χ3v) is 6.29. The number of carbonyl (C=O) groups is 1. The number of nitrogens with zero attached hydrogens (tertiary/aromatic N) is 1. The van der Waals surface area contributed by atoms with Gasteiger partial charge < -0.3 is 9.84 Å². The Labute approximate surface area is 155 Å². The summed E-state index contributed by atoms with van der Waals surface area (Å²) in [6.07, 6.45) is 0.111. The van der Waals surface area contributed by atoms with Crippen molar-refractivity contribution in [3.8, 4) is 5.75 Å². The highest BCUT2D eigenvalue weighted by Gasteiger charge is 2.37. The number of hydrogen-bond donors (Lipinski definition) is 1. The van der Waals surface area contributed by atoms with E-state index in [1.54, 1.807) is 18.2 Å². The standard InChI is InChI=1S/C18H17F2NO5S/c1-26-12-3-6-17-14(8-12)11(2-7-18(22)23)10-21(17)27(24,25)13-4-5-15(19)16(20)9-13/h3-6,8-9,11H,2,7,10H2,1H3,(H,22,23). The molecule has 0 spiro atoms. The highest BCUT2D eigenvalue weighted by atomic mass is 32.2. The molecule has 2 aromatic rings. The second kappa shape index (κ2) is 7.15. The van der Waals surface area contributed by atoms with E-state index in [9.17, 15) is 22.0 Å². The van der Waals surface area contributed by atoms with Gasteiger partial charge in [0.15, 0.2) is 11.6 Å². The maximum Gasteiger partial charge on any atom is 0.303 e. The van der Waals surface area contributed by atoms with Crippen molar-refractivity contribution in [2.75, 3.05) is 18.0 Å². The number of hydrogen-bond acceptors (Lipinski definition) is 4. The van der Waals surface area contributed by atoms with E-state index in [1.165, 1.54) is 7.11 Å². The van der Waals surface area contributed by atoms with Crippen LogP contribution in [0.5, 0.6) is 5.75 Å². The molecule has 1 N–H and O–H groups in total. The van der Waals surface area contributed by atoms with E-state index >= 15 is 0 Å². The molecule has 3 rings (SSSR count). The smallest absolute Gasteiger partial charge is 0.303 e. The second-order valence-corrected chi connectivity index (χ2v) is 8.03. The van der Waals surface area contributed by atoms with Gasteiger partial charge in [-0.2, -0.15) is 0 Å². The van der Waals surface area contributed by atoms with Gasteiger partial charge >= 0.3 is 5.97 Å². The predicted molar refractivity (Wildman–Crippen MR) is 93.5 cm³/mol. The molecule has 0 fully saturated rings. The van der Waals surface area contributed by atoms with Crippen LogP contribution < -0.4 is 9.04 Å². The van der Waals surface area contributed by atoms with Gasteiger partial charge in [-0.25, -0.2) is 17.2 Å². The van der Waals surface area contributed by atoms with Gasteiger partial charge in [-0.05, 0) is 48.4 Å². The molecule has 9 heteroatoms. The molecule has 1 unspecified atom stereocenters. The minimum absolute atomic E-state index is 0.0110. The molecular weight excluding hydrogens is 380 g/mol. The number of ether oxygens (including phenoxy) is 1. The maximum absolute atomic E-state index is 13.5. The molecule has 0 aliphatic carbocycles. The van der Waals surface area contributed by atoms with E-state index in [2.05, 4.69) is 0 Å². The Hall–Kier alpha value is -2.68. The van der Waals surface area contributed by atoms with Crippen LogP contribution in [-0.2, 0) is 14.8 Å². The van der Waals surface area contributed by atoms with Crippen LogP contribution in [0, 0.1) is 11.6 Å². The van der Waals surface area contributed by atoms with Gasteiger partial charge in [-0.15, -0.1) is 0 Å². The Bertz CT molecular complexity index is 993. The molecule has 1 atom stereocenters. The molecular formula is C18H17F2NO5S. The number of anilines is 1. The number of rotatable bonds is 6. The van der Waals surface area contributed by atoms with Crippen molar-refractivity contribution in [1.29, 1.82) is 0 Å². The van der Waals surface area contributed by atoms with Gasteiger partial charge in [0.2, 0.25) is 0 Å².